The van der Waals surface area contributed by atoms with Crippen LogP contribution in [-0.4, -0.2) is 11.4 Å². The summed E-state index contributed by atoms with van der Waals surface area (Å²) in [4.78, 5) is 11.2. The number of hydrogen-bond acceptors (Lipinski definition) is 2. The molecule has 1 amide bonds. The largest absolute Gasteiger partial charge is 0.350 e. The van der Waals surface area contributed by atoms with Gasteiger partial charge in [0.2, 0.25) is 5.91 Å². The van der Waals surface area contributed by atoms with Crippen LogP contribution in [0.2, 0.25) is 0 Å². The molecule has 0 bridgehead atoms. The summed E-state index contributed by atoms with van der Waals surface area (Å²) >= 11 is 0. The van der Waals surface area contributed by atoms with Crippen LogP contribution >= 0.6 is 0 Å². The molecule has 0 heterocycles. The quantitative estimate of drug-likeness (QED) is 0.752. The van der Waals surface area contributed by atoms with Gasteiger partial charge in [-0.15, -0.1) is 0 Å². The molecule has 0 aliphatic carbocycles. The number of carbonyl (C=O) groups excluding carboxylic acids is 1. The molecule has 0 aliphatic heterocycles. The molecule has 80 valence electrons. The molecule has 0 aromatic heterocycles. The first-order chi connectivity index (χ1) is 6.16. The van der Waals surface area contributed by atoms with Crippen LogP contribution in [0.1, 0.15) is 47.5 Å². The maximum Gasteiger partial charge on any atom is 0.234 e. The molecule has 0 aromatic rings. The van der Waals surface area contributed by atoms with Gasteiger partial charge in [-0.3, -0.25) is 4.79 Å². The Kier molecular flexibility index (Phi) is 4.12. The average Bonchev–Trinajstić information content (AvgIpc) is 1.78. The van der Waals surface area contributed by atoms with Crippen LogP contribution in [0.15, 0.2) is 0 Å². The van der Waals surface area contributed by atoms with Crippen LogP contribution in [-0.2, 0) is 4.79 Å². The Labute approximate surface area is 86.5 Å². The maximum absolute atomic E-state index is 11.2. The number of hydrogen-bond donors (Lipinski definition) is 1. The highest BCUT2D eigenvalue weighted by atomic mass is 16.1. The van der Waals surface area contributed by atoms with E-state index in [0.717, 1.165) is 6.42 Å². The molecule has 14 heavy (non-hydrogen) atoms. The molecule has 0 unspecified atom stereocenters. The molecule has 1 N–H and O–H groups in total. The minimum absolute atomic E-state index is 0.0619. The first-order valence-electron chi connectivity index (χ1n) is 4.84. The van der Waals surface area contributed by atoms with E-state index >= 15 is 0 Å². The van der Waals surface area contributed by atoms with Gasteiger partial charge < -0.3 is 5.32 Å². The molecular formula is C11H20N2O. The lowest BCUT2D eigenvalue weighted by atomic mass is 9.82. The lowest BCUT2D eigenvalue weighted by Gasteiger charge is -2.33. The normalized spacial score (nSPS) is 12.0. The molecule has 0 atom stereocenters. The Morgan fingerprint density at radius 3 is 2.14 bits per heavy atom. The van der Waals surface area contributed by atoms with Gasteiger partial charge >= 0.3 is 0 Å². The van der Waals surface area contributed by atoms with Crippen molar-refractivity contribution in [1.82, 2.24) is 5.32 Å². The molecule has 0 aromatic carbocycles. The zero-order valence-electron chi connectivity index (χ0n) is 9.77. The molecule has 0 rings (SSSR count). The van der Waals surface area contributed by atoms with Gasteiger partial charge in [-0.05, 0) is 25.7 Å². The Morgan fingerprint density at radius 2 is 1.79 bits per heavy atom. The summed E-state index contributed by atoms with van der Waals surface area (Å²) in [6, 6.07) is 1.84. The minimum atomic E-state index is -0.244. The summed E-state index contributed by atoms with van der Waals surface area (Å²) in [5, 5.41) is 11.2. The third kappa shape index (κ3) is 6.47. The second kappa shape index (κ2) is 4.45. The molecule has 0 spiro atoms. The van der Waals surface area contributed by atoms with Crippen molar-refractivity contribution in [3.63, 3.8) is 0 Å². The third-order valence-electron chi connectivity index (χ3n) is 1.69. The number of nitrogens with one attached hydrogen (secondary N) is 1. The van der Waals surface area contributed by atoms with Crippen LogP contribution in [0.25, 0.3) is 0 Å². The van der Waals surface area contributed by atoms with Gasteiger partial charge in [0.05, 0.1) is 6.07 Å². The van der Waals surface area contributed by atoms with E-state index in [9.17, 15) is 4.79 Å². The lowest BCUT2D eigenvalue weighted by molar-refractivity contribution is -0.121. The summed E-state index contributed by atoms with van der Waals surface area (Å²) < 4.78 is 0. The van der Waals surface area contributed by atoms with Crippen LogP contribution in [0.4, 0.5) is 0 Å². The van der Waals surface area contributed by atoms with Crippen molar-refractivity contribution in [2.75, 3.05) is 0 Å². The van der Waals surface area contributed by atoms with Crippen LogP contribution in [0.3, 0.4) is 0 Å². The van der Waals surface area contributed by atoms with Gasteiger partial charge in [-0.1, -0.05) is 20.8 Å². The van der Waals surface area contributed by atoms with E-state index in [4.69, 9.17) is 5.26 Å². The Bertz CT molecular complexity index is 243. The minimum Gasteiger partial charge on any atom is -0.350 e. The van der Waals surface area contributed by atoms with Crippen molar-refractivity contribution in [3.05, 3.63) is 0 Å². The Hall–Kier alpha value is -1.04. The standard InChI is InChI=1S/C11H20N2O/c1-10(2,3)8-11(4,5)13-9(14)6-7-12/h6,8H2,1-5H3,(H,13,14). The van der Waals surface area contributed by atoms with Crippen molar-refractivity contribution in [1.29, 1.82) is 5.26 Å². The molecule has 0 aliphatic rings. The average molecular weight is 196 g/mol. The van der Waals surface area contributed by atoms with Gasteiger partial charge in [0.1, 0.15) is 6.42 Å². The first-order valence-corrected chi connectivity index (χ1v) is 4.84. The predicted molar refractivity (Wildman–Crippen MR) is 56.5 cm³/mol. The first kappa shape index (κ1) is 13.0. The molecule has 3 nitrogen and oxygen atoms in total. The zero-order chi connectivity index (χ0) is 11.4. The third-order valence-corrected chi connectivity index (χ3v) is 1.69. The van der Waals surface area contributed by atoms with Gasteiger partial charge in [-0.2, -0.15) is 5.26 Å². The predicted octanol–water partition coefficient (Wildman–Crippen LogP) is 2.23. The van der Waals surface area contributed by atoms with Gasteiger partial charge in [-0.25, -0.2) is 0 Å². The highest BCUT2D eigenvalue weighted by molar-refractivity contribution is 5.78. The number of carbonyl (C=O) groups is 1. The van der Waals surface area contributed by atoms with E-state index in [1.807, 2.05) is 19.9 Å². The van der Waals surface area contributed by atoms with Crippen molar-refractivity contribution in [2.45, 2.75) is 53.0 Å². The zero-order valence-corrected chi connectivity index (χ0v) is 9.77. The Morgan fingerprint density at radius 1 is 1.29 bits per heavy atom. The lowest BCUT2D eigenvalue weighted by Crippen LogP contribution is -2.45. The maximum atomic E-state index is 11.2. The van der Waals surface area contributed by atoms with Crippen LogP contribution in [0, 0.1) is 16.7 Å². The van der Waals surface area contributed by atoms with Gasteiger partial charge in [0, 0.05) is 5.54 Å². The highest BCUT2D eigenvalue weighted by Crippen LogP contribution is 2.26. The molecule has 0 radical (unpaired) electrons. The van der Waals surface area contributed by atoms with Crippen molar-refractivity contribution < 1.29 is 4.79 Å². The molecule has 0 fully saturated rings. The van der Waals surface area contributed by atoms with Gasteiger partial charge in [0.15, 0.2) is 0 Å². The van der Waals surface area contributed by atoms with E-state index in [-0.39, 0.29) is 23.3 Å². The van der Waals surface area contributed by atoms with E-state index in [2.05, 4.69) is 26.1 Å². The fourth-order valence-electron chi connectivity index (χ4n) is 1.86. The highest BCUT2D eigenvalue weighted by Gasteiger charge is 2.26. The van der Waals surface area contributed by atoms with E-state index in [0.29, 0.717) is 0 Å². The topological polar surface area (TPSA) is 52.9 Å². The molecule has 0 saturated heterocycles. The fraction of sp³-hybridized carbons (Fsp3) is 0.818. The van der Waals surface area contributed by atoms with Crippen LogP contribution in [0.5, 0.6) is 0 Å². The summed E-state index contributed by atoms with van der Waals surface area (Å²) in [6.45, 7) is 10.3. The van der Waals surface area contributed by atoms with E-state index < -0.39 is 0 Å². The second-order valence-corrected chi connectivity index (χ2v) is 5.50. The Balaban J connectivity index is 4.22. The monoisotopic (exact) mass is 196 g/mol. The van der Waals surface area contributed by atoms with E-state index in [1.54, 1.807) is 0 Å². The van der Waals surface area contributed by atoms with Crippen molar-refractivity contribution in [2.24, 2.45) is 5.41 Å². The van der Waals surface area contributed by atoms with Crippen LogP contribution < -0.4 is 5.32 Å². The summed E-state index contributed by atoms with van der Waals surface area (Å²) in [6.07, 6.45) is 0.824. The number of amides is 1. The smallest absolute Gasteiger partial charge is 0.234 e. The second-order valence-electron chi connectivity index (χ2n) is 5.50. The van der Waals surface area contributed by atoms with Crippen molar-refractivity contribution in [3.8, 4) is 6.07 Å². The number of nitriles is 1. The molecule has 3 heteroatoms. The van der Waals surface area contributed by atoms with Gasteiger partial charge in [0.25, 0.3) is 0 Å². The SMILES string of the molecule is CC(C)(C)CC(C)(C)NC(=O)CC#N. The fourth-order valence-corrected chi connectivity index (χ4v) is 1.86. The summed E-state index contributed by atoms with van der Waals surface area (Å²) in [7, 11) is 0. The summed E-state index contributed by atoms with van der Waals surface area (Å²) in [5.74, 6) is -0.193. The van der Waals surface area contributed by atoms with Crippen molar-refractivity contribution >= 4 is 5.91 Å². The molecular weight excluding hydrogens is 176 g/mol. The number of rotatable bonds is 3. The van der Waals surface area contributed by atoms with E-state index in [1.165, 1.54) is 0 Å². The summed E-state index contributed by atoms with van der Waals surface area (Å²) in [5.41, 5.74) is -0.0738. The number of nitrogens with zero attached hydrogens (tertiary/aromatic N) is 1. The molecule has 0 saturated carbocycles.